The zero-order chi connectivity index (χ0) is 11.5. The zero-order valence-electron chi connectivity index (χ0n) is 8.55. The molecule has 0 aromatic rings. The molecular weight excluding hydrogens is 222 g/mol. The maximum Gasteiger partial charge on any atom is 0.318 e. The molecule has 15 heavy (non-hydrogen) atoms. The first-order chi connectivity index (χ1) is 6.92. The van der Waals surface area contributed by atoms with Crippen LogP contribution in [0.5, 0.6) is 0 Å². The molecule has 0 aliphatic carbocycles. The summed E-state index contributed by atoms with van der Waals surface area (Å²) in [5, 5.41) is 8.47. The Hall–Kier alpha value is -0.660. The summed E-state index contributed by atoms with van der Waals surface area (Å²) >= 11 is 0. The second-order valence-electron chi connectivity index (χ2n) is 3.56. The number of likely N-dealkylation sites (N-methyl/N-ethyl adjacent to an activating group) is 1. The number of nitrogens with zero attached hydrogens (tertiary/aromatic N) is 1. The van der Waals surface area contributed by atoms with E-state index in [0.29, 0.717) is 6.61 Å². The van der Waals surface area contributed by atoms with Gasteiger partial charge in [0.1, 0.15) is 6.54 Å². The van der Waals surface area contributed by atoms with E-state index >= 15 is 0 Å². The number of carboxylic acids is 1. The summed E-state index contributed by atoms with van der Waals surface area (Å²) in [4.78, 5) is 10.4. The van der Waals surface area contributed by atoms with Crippen LogP contribution in [0.4, 0.5) is 0 Å². The second-order valence-corrected chi connectivity index (χ2v) is 5.68. The van der Waals surface area contributed by atoms with Gasteiger partial charge in [-0.15, -0.1) is 0 Å². The van der Waals surface area contributed by atoms with Crippen LogP contribution in [0.15, 0.2) is 0 Å². The number of hydrogen-bond acceptors (Lipinski definition) is 4. The van der Waals surface area contributed by atoms with Crippen LogP contribution in [0, 0.1) is 0 Å². The third-order valence-electron chi connectivity index (χ3n) is 2.25. The lowest BCUT2D eigenvalue weighted by molar-refractivity contribution is -0.137. The lowest BCUT2D eigenvalue weighted by Crippen LogP contribution is -2.37. The van der Waals surface area contributed by atoms with Crippen molar-refractivity contribution in [3.63, 3.8) is 0 Å². The molecule has 1 saturated heterocycles. The molecular formula is C8H15NO5S. The van der Waals surface area contributed by atoms with E-state index in [1.54, 1.807) is 0 Å². The van der Waals surface area contributed by atoms with Crippen LogP contribution in [0.25, 0.3) is 0 Å². The number of ether oxygens (including phenoxy) is 1. The quantitative estimate of drug-likeness (QED) is 0.697. The van der Waals surface area contributed by atoms with Gasteiger partial charge in [0.15, 0.2) is 0 Å². The average Bonchev–Trinajstić information content (AvgIpc) is 2.54. The molecule has 1 atom stereocenters. The number of carboxylic acid groups (broad SMARTS) is 1. The summed E-state index contributed by atoms with van der Waals surface area (Å²) in [5.74, 6) is -1.29. The number of sulfonamides is 1. The zero-order valence-corrected chi connectivity index (χ0v) is 9.37. The van der Waals surface area contributed by atoms with E-state index in [-0.39, 0.29) is 11.9 Å². The van der Waals surface area contributed by atoms with Crippen LogP contribution >= 0.6 is 0 Å². The fourth-order valence-electron chi connectivity index (χ4n) is 1.43. The molecule has 6 nitrogen and oxygen atoms in total. The van der Waals surface area contributed by atoms with Crippen LogP contribution in [-0.4, -0.2) is 55.9 Å². The first-order valence-corrected chi connectivity index (χ1v) is 6.30. The summed E-state index contributed by atoms with van der Waals surface area (Å²) in [6, 6.07) is 0. The van der Waals surface area contributed by atoms with E-state index in [1.165, 1.54) is 7.05 Å². The van der Waals surface area contributed by atoms with Crippen molar-refractivity contribution in [1.82, 2.24) is 4.31 Å². The lowest BCUT2D eigenvalue weighted by atomic mass is 10.3. The summed E-state index contributed by atoms with van der Waals surface area (Å²) in [6.45, 7) is 0.0812. The number of hydrogen-bond donors (Lipinski definition) is 1. The van der Waals surface area contributed by atoms with Gasteiger partial charge in [-0.2, -0.15) is 4.31 Å². The van der Waals surface area contributed by atoms with Gasteiger partial charge in [0.2, 0.25) is 10.0 Å². The number of carbonyl (C=O) groups is 1. The molecule has 0 saturated carbocycles. The monoisotopic (exact) mass is 237 g/mol. The maximum absolute atomic E-state index is 11.6. The molecule has 1 aliphatic heterocycles. The summed E-state index contributed by atoms with van der Waals surface area (Å²) in [6.07, 6.45) is 1.30. The van der Waals surface area contributed by atoms with Crippen molar-refractivity contribution in [3.05, 3.63) is 0 Å². The number of aliphatic carboxylic acids is 1. The smallest absolute Gasteiger partial charge is 0.318 e. The predicted molar refractivity (Wildman–Crippen MR) is 53.0 cm³/mol. The van der Waals surface area contributed by atoms with Crippen molar-refractivity contribution in [3.8, 4) is 0 Å². The Kier molecular flexibility index (Phi) is 4.06. The van der Waals surface area contributed by atoms with Gasteiger partial charge in [0, 0.05) is 13.7 Å². The summed E-state index contributed by atoms with van der Waals surface area (Å²) in [5.41, 5.74) is 0. The average molecular weight is 237 g/mol. The highest BCUT2D eigenvalue weighted by atomic mass is 32.2. The molecule has 0 bridgehead atoms. The Labute approximate surface area is 88.9 Å². The molecule has 1 aliphatic rings. The Morgan fingerprint density at radius 3 is 2.73 bits per heavy atom. The van der Waals surface area contributed by atoms with Crippen LogP contribution < -0.4 is 0 Å². The molecule has 0 amide bonds. The van der Waals surface area contributed by atoms with Gasteiger partial charge >= 0.3 is 5.97 Å². The fraction of sp³-hybridized carbons (Fsp3) is 0.875. The van der Waals surface area contributed by atoms with Crippen molar-refractivity contribution in [2.24, 2.45) is 0 Å². The van der Waals surface area contributed by atoms with Crippen LogP contribution in [-0.2, 0) is 19.6 Å². The van der Waals surface area contributed by atoms with Crippen molar-refractivity contribution in [2.75, 3.05) is 26.0 Å². The van der Waals surface area contributed by atoms with Crippen molar-refractivity contribution in [2.45, 2.75) is 18.9 Å². The van der Waals surface area contributed by atoms with Crippen molar-refractivity contribution >= 4 is 16.0 Å². The third-order valence-corrected chi connectivity index (χ3v) is 4.13. The largest absolute Gasteiger partial charge is 0.480 e. The highest BCUT2D eigenvalue weighted by molar-refractivity contribution is 7.89. The normalized spacial score (nSPS) is 22.1. The minimum Gasteiger partial charge on any atom is -0.480 e. The topological polar surface area (TPSA) is 83.9 Å². The molecule has 1 heterocycles. The first kappa shape index (κ1) is 12.4. The van der Waals surface area contributed by atoms with Crippen LogP contribution in [0.1, 0.15) is 12.8 Å². The predicted octanol–water partition coefficient (Wildman–Crippen LogP) is -0.488. The van der Waals surface area contributed by atoms with Gasteiger partial charge in [-0.05, 0) is 12.8 Å². The summed E-state index contributed by atoms with van der Waals surface area (Å²) in [7, 11) is -2.25. The molecule has 1 fully saturated rings. The van der Waals surface area contributed by atoms with Crippen LogP contribution in [0.2, 0.25) is 0 Å². The molecule has 0 aromatic heterocycles. The van der Waals surface area contributed by atoms with Crippen LogP contribution in [0.3, 0.4) is 0 Å². The maximum atomic E-state index is 11.6. The molecule has 1 rings (SSSR count). The molecule has 88 valence electrons. The van der Waals surface area contributed by atoms with E-state index in [2.05, 4.69) is 0 Å². The van der Waals surface area contributed by atoms with E-state index in [0.717, 1.165) is 17.1 Å². The van der Waals surface area contributed by atoms with E-state index < -0.39 is 22.5 Å². The number of rotatable bonds is 5. The van der Waals surface area contributed by atoms with Gasteiger partial charge in [-0.25, -0.2) is 8.42 Å². The molecule has 0 spiro atoms. The van der Waals surface area contributed by atoms with Crippen molar-refractivity contribution in [1.29, 1.82) is 0 Å². The second kappa shape index (κ2) is 4.91. The molecule has 7 heteroatoms. The fourth-order valence-corrected chi connectivity index (χ4v) is 2.72. The standard InChI is InChI=1S/C8H15NO5S/c1-9(5-8(10)11)15(12,13)6-7-3-2-4-14-7/h7H,2-6H2,1H3,(H,10,11). The Morgan fingerprint density at radius 1 is 1.60 bits per heavy atom. The lowest BCUT2D eigenvalue weighted by Gasteiger charge is -2.17. The van der Waals surface area contributed by atoms with E-state index in [9.17, 15) is 13.2 Å². The first-order valence-electron chi connectivity index (χ1n) is 4.69. The highest BCUT2D eigenvalue weighted by Gasteiger charge is 2.27. The minimum absolute atomic E-state index is 0.128. The van der Waals surface area contributed by atoms with Gasteiger partial charge in [0.05, 0.1) is 11.9 Å². The van der Waals surface area contributed by atoms with E-state index in [4.69, 9.17) is 9.84 Å². The van der Waals surface area contributed by atoms with Crippen molar-refractivity contribution < 1.29 is 23.1 Å². The van der Waals surface area contributed by atoms with E-state index in [1.807, 2.05) is 0 Å². The Morgan fingerprint density at radius 2 is 2.27 bits per heavy atom. The minimum atomic E-state index is -3.51. The summed E-state index contributed by atoms with van der Waals surface area (Å²) < 4.78 is 29.2. The Bertz CT molecular complexity index is 320. The third kappa shape index (κ3) is 3.77. The van der Waals surface area contributed by atoms with Gasteiger partial charge < -0.3 is 9.84 Å². The molecule has 0 aromatic carbocycles. The Balaban J connectivity index is 2.53. The molecule has 1 N–H and O–H groups in total. The van der Waals surface area contributed by atoms with Gasteiger partial charge in [0.25, 0.3) is 0 Å². The molecule has 0 radical (unpaired) electrons. The van der Waals surface area contributed by atoms with Gasteiger partial charge in [-0.1, -0.05) is 0 Å². The molecule has 1 unspecified atom stereocenters. The highest BCUT2D eigenvalue weighted by Crippen LogP contribution is 2.15. The SMILES string of the molecule is CN(CC(=O)O)S(=O)(=O)CC1CCCO1. The van der Waals surface area contributed by atoms with Gasteiger partial charge in [-0.3, -0.25) is 4.79 Å².